The molecule has 2 heterocycles. The molecule has 31 heavy (non-hydrogen) atoms. The highest BCUT2D eigenvalue weighted by Crippen LogP contribution is 2.39. The van der Waals surface area contributed by atoms with Crippen LogP contribution in [0.3, 0.4) is 0 Å². The van der Waals surface area contributed by atoms with Crippen LogP contribution < -0.4 is 0 Å². The van der Waals surface area contributed by atoms with E-state index in [4.69, 9.17) is 24.1 Å². The molecule has 176 valence electrons. The van der Waals surface area contributed by atoms with Crippen molar-refractivity contribution in [3.63, 3.8) is 0 Å². The molecular formula is C23H37NO7. The second kappa shape index (κ2) is 12.5. The van der Waals surface area contributed by atoms with E-state index in [0.29, 0.717) is 26.1 Å². The van der Waals surface area contributed by atoms with Gasteiger partial charge in [0, 0.05) is 51.4 Å². The fourth-order valence-corrected chi connectivity index (χ4v) is 4.95. The van der Waals surface area contributed by atoms with Crippen LogP contribution >= 0.6 is 0 Å². The van der Waals surface area contributed by atoms with Gasteiger partial charge in [0.2, 0.25) is 0 Å². The van der Waals surface area contributed by atoms with Gasteiger partial charge in [0.15, 0.2) is 6.29 Å². The number of esters is 1. The number of hydrogen-bond donors (Lipinski definition) is 1. The normalized spacial score (nSPS) is 32.4. The van der Waals surface area contributed by atoms with Gasteiger partial charge in [-0.25, -0.2) is 0 Å². The van der Waals surface area contributed by atoms with E-state index in [-0.39, 0.29) is 42.8 Å². The maximum atomic E-state index is 11.8. The molecular weight excluding hydrogens is 402 g/mol. The Hall–Kier alpha value is -1.48. The first kappa shape index (κ1) is 24.2. The molecule has 3 aliphatic rings. The van der Waals surface area contributed by atoms with E-state index in [1.54, 1.807) is 0 Å². The Morgan fingerprint density at radius 3 is 2.61 bits per heavy atom. The van der Waals surface area contributed by atoms with Crippen LogP contribution in [0.2, 0.25) is 0 Å². The van der Waals surface area contributed by atoms with Crippen molar-refractivity contribution in [2.75, 3.05) is 32.9 Å². The first-order chi connectivity index (χ1) is 15.0. The highest BCUT2D eigenvalue weighted by Gasteiger charge is 2.48. The minimum absolute atomic E-state index is 0.0593. The number of carboxylic acids is 1. The van der Waals surface area contributed by atoms with Crippen molar-refractivity contribution in [1.82, 2.24) is 4.90 Å². The molecule has 0 bridgehead atoms. The Morgan fingerprint density at radius 1 is 1.13 bits per heavy atom. The second-order valence-electron chi connectivity index (χ2n) is 8.65. The van der Waals surface area contributed by atoms with Crippen LogP contribution in [0.1, 0.15) is 58.3 Å². The van der Waals surface area contributed by atoms with E-state index in [9.17, 15) is 9.59 Å². The smallest absolute Gasteiger partial charge is 0.303 e. The van der Waals surface area contributed by atoms with Crippen molar-refractivity contribution < 1.29 is 33.6 Å². The van der Waals surface area contributed by atoms with Gasteiger partial charge in [-0.05, 0) is 38.5 Å². The predicted octanol–water partition coefficient (Wildman–Crippen LogP) is 2.75. The number of unbranched alkanes of at least 4 members (excludes halogenated alkanes) is 1. The van der Waals surface area contributed by atoms with Crippen LogP contribution in [0.5, 0.6) is 0 Å². The molecule has 1 N–H and O–H groups in total. The van der Waals surface area contributed by atoms with E-state index in [2.05, 4.69) is 11.0 Å². The van der Waals surface area contributed by atoms with E-state index in [0.717, 1.165) is 51.8 Å². The van der Waals surface area contributed by atoms with Crippen molar-refractivity contribution in [3.8, 4) is 0 Å². The Bertz CT molecular complexity index is 599. The zero-order chi connectivity index (χ0) is 22.1. The third kappa shape index (κ3) is 7.56. The predicted molar refractivity (Wildman–Crippen MR) is 114 cm³/mol. The number of morpholine rings is 1. The van der Waals surface area contributed by atoms with Gasteiger partial charge in [0.1, 0.15) is 6.10 Å². The number of ether oxygens (including phenoxy) is 4. The van der Waals surface area contributed by atoms with Gasteiger partial charge in [0.25, 0.3) is 0 Å². The van der Waals surface area contributed by atoms with Crippen molar-refractivity contribution in [2.24, 2.45) is 5.92 Å². The Labute approximate surface area is 184 Å². The van der Waals surface area contributed by atoms with Crippen LogP contribution in [-0.2, 0) is 28.5 Å². The number of allylic oxidation sites excluding steroid dienone is 2. The quantitative estimate of drug-likeness (QED) is 0.315. The molecule has 0 aromatic carbocycles. The van der Waals surface area contributed by atoms with E-state index < -0.39 is 5.97 Å². The molecule has 8 heteroatoms. The zero-order valence-corrected chi connectivity index (χ0v) is 18.6. The molecule has 2 saturated heterocycles. The zero-order valence-electron chi connectivity index (χ0n) is 18.6. The third-order valence-electron chi connectivity index (χ3n) is 6.35. The van der Waals surface area contributed by atoms with Crippen LogP contribution in [-0.4, -0.2) is 79.4 Å². The molecule has 0 aromatic heterocycles. The number of aliphatic carboxylic acids is 1. The minimum atomic E-state index is -0.767. The molecule has 3 fully saturated rings. The summed E-state index contributed by atoms with van der Waals surface area (Å²) < 4.78 is 23.6. The first-order valence-electron chi connectivity index (χ1n) is 11.7. The minimum Gasteiger partial charge on any atom is -0.481 e. The SMILES string of the molecule is CC(=O)OC1CC(OC2CCCCO2)C(N2CCOCC2)C1CC=CCCCC(=O)O. The summed E-state index contributed by atoms with van der Waals surface area (Å²) in [5.74, 6) is -0.918. The topological polar surface area (TPSA) is 94.5 Å². The molecule has 0 aromatic rings. The van der Waals surface area contributed by atoms with Crippen molar-refractivity contribution in [1.29, 1.82) is 0 Å². The fraction of sp³-hybridized carbons (Fsp3) is 0.826. The highest BCUT2D eigenvalue weighted by atomic mass is 16.7. The summed E-state index contributed by atoms with van der Waals surface area (Å²) in [5.41, 5.74) is 0. The van der Waals surface area contributed by atoms with Crippen LogP contribution in [0, 0.1) is 5.92 Å². The Morgan fingerprint density at radius 2 is 1.94 bits per heavy atom. The van der Waals surface area contributed by atoms with Crippen molar-refractivity contribution in [3.05, 3.63) is 12.2 Å². The Kier molecular flexibility index (Phi) is 9.77. The number of carboxylic acid groups (broad SMARTS) is 1. The van der Waals surface area contributed by atoms with Crippen molar-refractivity contribution >= 4 is 11.9 Å². The van der Waals surface area contributed by atoms with Gasteiger partial charge in [0.05, 0.1) is 19.3 Å². The van der Waals surface area contributed by atoms with Crippen molar-refractivity contribution in [2.45, 2.75) is 82.8 Å². The van der Waals surface area contributed by atoms with Gasteiger partial charge in [-0.15, -0.1) is 0 Å². The van der Waals surface area contributed by atoms with Gasteiger partial charge in [-0.2, -0.15) is 0 Å². The first-order valence-corrected chi connectivity index (χ1v) is 11.7. The third-order valence-corrected chi connectivity index (χ3v) is 6.35. The molecule has 3 rings (SSSR count). The number of nitrogens with zero attached hydrogens (tertiary/aromatic N) is 1. The summed E-state index contributed by atoms with van der Waals surface area (Å²) in [6, 6.07) is 0.127. The second-order valence-corrected chi connectivity index (χ2v) is 8.65. The van der Waals surface area contributed by atoms with E-state index in [1.807, 2.05) is 6.08 Å². The molecule has 0 radical (unpaired) electrons. The summed E-state index contributed by atoms with van der Waals surface area (Å²) in [4.78, 5) is 24.9. The van der Waals surface area contributed by atoms with Gasteiger partial charge in [-0.1, -0.05) is 12.2 Å². The molecule has 0 amide bonds. The average Bonchev–Trinajstić information content (AvgIpc) is 3.07. The molecule has 5 unspecified atom stereocenters. The molecule has 5 atom stereocenters. The lowest BCUT2D eigenvalue weighted by Gasteiger charge is -2.39. The molecule has 1 saturated carbocycles. The van der Waals surface area contributed by atoms with E-state index in [1.165, 1.54) is 6.92 Å². The lowest BCUT2D eigenvalue weighted by molar-refractivity contribution is -0.200. The number of hydrogen-bond acceptors (Lipinski definition) is 7. The van der Waals surface area contributed by atoms with Gasteiger partial charge >= 0.3 is 11.9 Å². The average molecular weight is 440 g/mol. The van der Waals surface area contributed by atoms with E-state index >= 15 is 0 Å². The standard InChI is InChI=1S/C23H37NO7/c1-17(25)30-19-16-20(31-22-10-6-7-13-29-22)23(24-11-14-28-15-12-24)18(19)8-4-2-3-5-9-21(26)27/h2,4,18-20,22-23H,3,5-16H2,1H3,(H,26,27). The lowest BCUT2D eigenvalue weighted by Crippen LogP contribution is -2.51. The molecule has 8 nitrogen and oxygen atoms in total. The highest BCUT2D eigenvalue weighted by molar-refractivity contribution is 5.66. The number of carbonyl (C=O) groups is 2. The molecule has 0 spiro atoms. The maximum absolute atomic E-state index is 11.8. The number of rotatable bonds is 10. The van der Waals surface area contributed by atoms with Crippen LogP contribution in [0.25, 0.3) is 0 Å². The lowest BCUT2D eigenvalue weighted by atomic mass is 9.94. The maximum Gasteiger partial charge on any atom is 0.303 e. The summed E-state index contributed by atoms with van der Waals surface area (Å²) >= 11 is 0. The molecule has 2 aliphatic heterocycles. The molecule has 1 aliphatic carbocycles. The summed E-state index contributed by atoms with van der Waals surface area (Å²) in [6.45, 7) is 5.25. The largest absolute Gasteiger partial charge is 0.481 e. The summed E-state index contributed by atoms with van der Waals surface area (Å²) in [7, 11) is 0. The van der Waals surface area contributed by atoms with Crippen LogP contribution in [0.4, 0.5) is 0 Å². The fourth-order valence-electron chi connectivity index (χ4n) is 4.95. The van der Waals surface area contributed by atoms with Gasteiger partial charge in [-0.3, -0.25) is 14.5 Å². The Balaban J connectivity index is 1.69. The summed E-state index contributed by atoms with van der Waals surface area (Å²) in [5, 5.41) is 8.79. The summed E-state index contributed by atoms with van der Waals surface area (Å²) in [6.07, 6.45) is 9.74. The van der Waals surface area contributed by atoms with Gasteiger partial charge < -0.3 is 24.1 Å². The monoisotopic (exact) mass is 439 g/mol. The number of carbonyl (C=O) groups excluding carboxylic acids is 1. The van der Waals surface area contributed by atoms with Crippen LogP contribution in [0.15, 0.2) is 12.2 Å².